The van der Waals surface area contributed by atoms with Gasteiger partial charge in [0, 0.05) is 10.2 Å². The zero-order chi connectivity index (χ0) is 9.15. The molecule has 0 heterocycles. The van der Waals surface area contributed by atoms with Crippen LogP contribution in [-0.2, 0) is 0 Å². The zero-order valence-corrected chi connectivity index (χ0v) is 11.1. The van der Waals surface area contributed by atoms with E-state index >= 15 is 0 Å². The number of hydrogen-bond acceptors (Lipinski definition) is 0. The van der Waals surface area contributed by atoms with Crippen molar-refractivity contribution in [3.63, 3.8) is 0 Å². The highest BCUT2D eigenvalue weighted by atomic mass is 28.1. The normalized spacial score (nSPS) is 34.6. The summed E-state index contributed by atoms with van der Waals surface area (Å²) in [7, 11) is 1.46. The maximum atomic E-state index is 1.58. The van der Waals surface area contributed by atoms with E-state index in [0.29, 0.717) is 0 Å². The van der Waals surface area contributed by atoms with Crippen molar-refractivity contribution in [2.45, 2.75) is 69.7 Å². The van der Waals surface area contributed by atoms with Crippen molar-refractivity contribution >= 4 is 10.2 Å². The fourth-order valence-electron chi connectivity index (χ4n) is 3.66. The standard InChI is InChI=1S/C12H24Si/c13-11-7-3-6-10-12(11)8-4-1-2-5-9-12/h11H,1-10H2,13H3. The molecule has 1 heteroatoms. The van der Waals surface area contributed by atoms with Gasteiger partial charge in [0.1, 0.15) is 0 Å². The van der Waals surface area contributed by atoms with Gasteiger partial charge in [-0.1, -0.05) is 44.9 Å². The Bertz CT molecular complexity index is 157. The van der Waals surface area contributed by atoms with E-state index < -0.39 is 0 Å². The van der Waals surface area contributed by atoms with Gasteiger partial charge in [-0.05, 0) is 30.2 Å². The van der Waals surface area contributed by atoms with Crippen molar-refractivity contribution in [1.29, 1.82) is 0 Å². The molecule has 2 rings (SSSR count). The van der Waals surface area contributed by atoms with Gasteiger partial charge in [0.05, 0.1) is 0 Å². The highest BCUT2D eigenvalue weighted by Crippen LogP contribution is 2.51. The van der Waals surface area contributed by atoms with Crippen LogP contribution < -0.4 is 0 Å². The lowest BCUT2D eigenvalue weighted by molar-refractivity contribution is 0.162. The van der Waals surface area contributed by atoms with Gasteiger partial charge in [0.2, 0.25) is 0 Å². The molecule has 0 saturated heterocycles. The lowest BCUT2D eigenvalue weighted by Crippen LogP contribution is -2.29. The molecule has 1 atom stereocenters. The minimum absolute atomic E-state index is 0.862. The van der Waals surface area contributed by atoms with Crippen LogP contribution in [0.5, 0.6) is 0 Å². The number of rotatable bonds is 0. The van der Waals surface area contributed by atoms with Crippen molar-refractivity contribution in [3.05, 3.63) is 0 Å². The van der Waals surface area contributed by atoms with Gasteiger partial charge in [-0.2, -0.15) is 0 Å². The summed E-state index contributed by atoms with van der Waals surface area (Å²) in [5.74, 6) is 0. The van der Waals surface area contributed by atoms with Crippen LogP contribution in [0.4, 0.5) is 0 Å². The highest BCUT2D eigenvalue weighted by molar-refractivity contribution is 6.12. The molecule has 2 aliphatic rings. The summed E-state index contributed by atoms with van der Waals surface area (Å²) in [5.41, 5.74) is 2.03. The Morgan fingerprint density at radius 1 is 0.769 bits per heavy atom. The Hall–Kier alpha value is 0.217. The molecular weight excluding hydrogens is 172 g/mol. The molecular formula is C12H24Si. The summed E-state index contributed by atoms with van der Waals surface area (Å²) >= 11 is 0. The third-order valence-corrected chi connectivity index (χ3v) is 6.51. The summed E-state index contributed by atoms with van der Waals surface area (Å²) in [4.78, 5) is 0. The van der Waals surface area contributed by atoms with Crippen LogP contribution in [0.1, 0.15) is 64.2 Å². The zero-order valence-electron chi connectivity index (χ0n) is 9.15. The van der Waals surface area contributed by atoms with E-state index in [1.54, 1.807) is 44.9 Å². The van der Waals surface area contributed by atoms with E-state index in [4.69, 9.17) is 0 Å². The molecule has 2 fully saturated rings. The van der Waals surface area contributed by atoms with Gasteiger partial charge in [0.15, 0.2) is 0 Å². The van der Waals surface area contributed by atoms with Gasteiger partial charge in [-0.25, -0.2) is 0 Å². The second-order valence-electron chi connectivity index (χ2n) is 5.42. The Balaban J connectivity index is 2.05. The monoisotopic (exact) mass is 196 g/mol. The van der Waals surface area contributed by atoms with Crippen LogP contribution in [0.3, 0.4) is 0 Å². The second-order valence-corrected chi connectivity index (χ2v) is 6.82. The summed E-state index contributed by atoms with van der Waals surface area (Å²) < 4.78 is 0. The second kappa shape index (κ2) is 4.16. The highest BCUT2D eigenvalue weighted by Gasteiger charge is 2.37. The fourth-order valence-corrected chi connectivity index (χ4v) is 4.93. The molecule has 0 amide bonds. The molecule has 2 aliphatic carbocycles. The van der Waals surface area contributed by atoms with Gasteiger partial charge in [-0.15, -0.1) is 0 Å². The molecule has 0 aromatic rings. The molecule has 1 unspecified atom stereocenters. The molecule has 13 heavy (non-hydrogen) atoms. The molecule has 0 aromatic carbocycles. The molecule has 0 nitrogen and oxygen atoms in total. The third-order valence-electron chi connectivity index (χ3n) is 4.71. The summed E-state index contributed by atoms with van der Waals surface area (Å²) in [5, 5.41) is 0. The minimum atomic E-state index is 0.862. The van der Waals surface area contributed by atoms with E-state index in [1.807, 2.05) is 0 Å². The van der Waals surface area contributed by atoms with Crippen molar-refractivity contribution < 1.29 is 0 Å². The smallest absolute Gasteiger partial charge is 0.00743 e. The third kappa shape index (κ3) is 2.01. The van der Waals surface area contributed by atoms with E-state index in [2.05, 4.69) is 0 Å². The Morgan fingerprint density at radius 3 is 1.92 bits per heavy atom. The maximum Gasteiger partial charge on any atom is 0.00743 e. The van der Waals surface area contributed by atoms with Crippen LogP contribution in [0.2, 0.25) is 5.54 Å². The molecule has 0 aliphatic heterocycles. The van der Waals surface area contributed by atoms with E-state index in [9.17, 15) is 0 Å². The van der Waals surface area contributed by atoms with Crippen LogP contribution in [-0.4, -0.2) is 10.2 Å². The Morgan fingerprint density at radius 2 is 1.31 bits per heavy atom. The van der Waals surface area contributed by atoms with Crippen molar-refractivity contribution in [1.82, 2.24) is 0 Å². The SMILES string of the molecule is [SiH3]C1CCCCC12CCCCCC2. The molecule has 0 bridgehead atoms. The van der Waals surface area contributed by atoms with Gasteiger partial charge >= 0.3 is 0 Å². The van der Waals surface area contributed by atoms with Crippen LogP contribution in [0.15, 0.2) is 0 Å². The first-order valence-corrected chi connectivity index (χ1v) is 7.49. The van der Waals surface area contributed by atoms with E-state index in [1.165, 1.54) is 35.0 Å². The van der Waals surface area contributed by atoms with E-state index in [0.717, 1.165) is 5.41 Å². The quantitative estimate of drug-likeness (QED) is 0.522. The van der Waals surface area contributed by atoms with Gasteiger partial charge < -0.3 is 0 Å². The lowest BCUT2D eigenvalue weighted by atomic mass is 9.69. The van der Waals surface area contributed by atoms with Crippen molar-refractivity contribution in [2.75, 3.05) is 0 Å². The average Bonchev–Trinajstić information content (AvgIpc) is 2.37. The molecule has 0 N–H and O–H groups in total. The predicted molar refractivity (Wildman–Crippen MR) is 62.3 cm³/mol. The minimum Gasteiger partial charge on any atom is -0.0533 e. The lowest BCUT2D eigenvalue weighted by Gasteiger charge is -2.42. The summed E-state index contributed by atoms with van der Waals surface area (Å²) in [6.07, 6.45) is 15.5. The van der Waals surface area contributed by atoms with Crippen LogP contribution >= 0.6 is 0 Å². The topological polar surface area (TPSA) is 0 Å². The predicted octanol–water partition coefficient (Wildman–Crippen LogP) is 3.05. The first-order valence-electron chi connectivity index (χ1n) is 6.33. The first-order chi connectivity index (χ1) is 6.33. The maximum absolute atomic E-state index is 1.58. The van der Waals surface area contributed by atoms with Gasteiger partial charge in [-0.3, -0.25) is 0 Å². The molecule has 0 aromatic heterocycles. The molecule has 76 valence electrons. The number of hydrogen-bond donors (Lipinski definition) is 0. The largest absolute Gasteiger partial charge is 0.0533 e. The van der Waals surface area contributed by atoms with Crippen LogP contribution in [0, 0.1) is 5.41 Å². The Labute approximate surface area is 85.9 Å². The first kappa shape index (κ1) is 9.76. The van der Waals surface area contributed by atoms with Crippen LogP contribution in [0.25, 0.3) is 0 Å². The Kier molecular flexibility index (Phi) is 3.12. The molecule has 1 spiro atoms. The molecule has 0 radical (unpaired) electrons. The molecule has 2 saturated carbocycles. The fraction of sp³-hybridized carbons (Fsp3) is 1.00. The van der Waals surface area contributed by atoms with Gasteiger partial charge in [0.25, 0.3) is 0 Å². The average molecular weight is 196 g/mol. The van der Waals surface area contributed by atoms with Crippen molar-refractivity contribution in [2.24, 2.45) is 5.41 Å². The summed E-state index contributed by atoms with van der Waals surface area (Å²) in [6, 6.07) is 0. The summed E-state index contributed by atoms with van der Waals surface area (Å²) in [6.45, 7) is 0. The van der Waals surface area contributed by atoms with E-state index in [-0.39, 0.29) is 0 Å². The van der Waals surface area contributed by atoms with Crippen molar-refractivity contribution in [3.8, 4) is 0 Å².